The van der Waals surface area contributed by atoms with Gasteiger partial charge in [0.05, 0.1) is 12.1 Å². The molecule has 0 aliphatic carbocycles. The normalized spacial score (nSPS) is 16.8. The number of nitrogens with zero attached hydrogens (tertiary/aromatic N) is 1. The van der Waals surface area contributed by atoms with E-state index in [0.717, 1.165) is 10.9 Å². The number of hydrogen-bond donors (Lipinski definition) is 3. The summed E-state index contributed by atoms with van der Waals surface area (Å²) in [6, 6.07) is 5.77. The molecule has 3 N–H and O–H groups in total. The number of hydrogen-bond acceptors (Lipinski definition) is 4. The lowest BCUT2D eigenvalue weighted by Crippen LogP contribution is -2.52. The van der Waals surface area contributed by atoms with Crippen molar-refractivity contribution in [1.82, 2.24) is 5.43 Å². The Morgan fingerprint density at radius 1 is 1.32 bits per heavy atom. The average Bonchev–Trinajstić information content (AvgIpc) is 2.35. The number of carbonyl (C=O) groups excluding carboxylic acids is 2. The molecule has 1 heterocycles. The van der Waals surface area contributed by atoms with Gasteiger partial charge in [-0.3, -0.25) is 20.4 Å². The standard InChI is InChI=1S/C12H11N3O4/c16-7-8-1-3-9(4-2-8)13-14-11(17)10-5-6-15(10)12(18)19/h1-4,6-7,10H,5H2,(H2-,13,14,16,17,18,19)/p+1. The number of rotatable bonds is 4. The minimum atomic E-state index is -1.15. The molecule has 2 rings (SSSR count). The highest BCUT2D eigenvalue weighted by Crippen LogP contribution is 2.09. The van der Waals surface area contributed by atoms with Gasteiger partial charge in [0.15, 0.2) is 6.21 Å². The Bertz CT molecular complexity index is 551. The number of nitrogens with one attached hydrogen (secondary N) is 2. The number of hydrazine groups is 1. The molecule has 0 radical (unpaired) electrons. The van der Waals surface area contributed by atoms with Crippen LogP contribution in [-0.4, -0.2) is 40.2 Å². The summed E-state index contributed by atoms with van der Waals surface area (Å²) < 4.78 is 0.951. The molecule has 7 nitrogen and oxygen atoms in total. The first-order valence-corrected chi connectivity index (χ1v) is 5.57. The van der Waals surface area contributed by atoms with E-state index in [1.165, 1.54) is 6.21 Å². The number of carbonyl (C=O) groups is 3. The maximum Gasteiger partial charge on any atom is 0.594 e. The zero-order valence-electron chi connectivity index (χ0n) is 9.87. The first-order chi connectivity index (χ1) is 9.11. The molecule has 19 heavy (non-hydrogen) atoms. The van der Waals surface area contributed by atoms with E-state index in [1.807, 2.05) is 0 Å². The van der Waals surface area contributed by atoms with E-state index in [1.54, 1.807) is 24.3 Å². The number of carboxylic acid groups (broad SMARTS) is 1. The molecular weight excluding hydrogens is 250 g/mol. The second-order valence-electron chi connectivity index (χ2n) is 3.98. The highest BCUT2D eigenvalue weighted by atomic mass is 16.4. The second kappa shape index (κ2) is 5.30. The van der Waals surface area contributed by atoms with Crippen molar-refractivity contribution in [2.75, 3.05) is 5.43 Å². The molecule has 7 heteroatoms. The fourth-order valence-corrected chi connectivity index (χ4v) is 1.62. The van der Waals surface area contributed by atoms with Gasteiger partial charge in [-0.15, -0.1) is 4.58 Å². The van der Waals surface area contributed by atoms with Crippen molar-refractivity contribution in [2.24, 2.45) is 0 Å². The van der Waals surface area contributed by atoms with Crippen molar-refractivity contribution in [2.45, 2.75) is 12.5 Å². The van der Waals surface area contributed by atoms with E-state index < -0.39 is 18.0 Å². The van der Waals surface area contributed by atoms with Gasteiger partial charge in [0.2, 0.25) is 0 Å². The van der Waals surface area contributed by atoms with E-state index in [-0.39, 0.29) is 0 Å². The topological polar surface area (TPSA) is 98.5 Å². The molecule has 2 amide bonds. The molecule has 1 aromatic carbocycles. The summed E-state index contributed by atoms with van der Waals surface area (Å²) in [5.41, 5.74) is 6.21. The Morgan fingerprint density at radius 3 is 2.47 bits per heavy atom. The summed E-state index contributed by atoms with van der Waals surface area (Å²) in [6.07, 6.45) is 1.40. The fourth-order valence-electron chi connectivity index (χ4n) is 1.62. The Balaban J connectivity index is 1.88. The van der Waals surface area contributed by atoms with Crippen LogP contribution >= 0.6 is 0 Å². The maximum absolute atomic E-state index is 11.7. The van der Waals surface area contributed by atoms with Gasteiger partial charge in [0.25, 0.3) is 6.04 Å². The number of anilines is 1. The van der Waals surface area contributed by atoms with Crippen LogP contribution in [0.2, 0.25) is 0 Å². The third kappa shape index (κ3) is 2.76. The molecule has 1 aromatic rings. The van der Waals surface area contributed by atoms with E-state index in [2.05, 4.69) is 10.9 Å². The van der Waals surface area contributed by atoms with Crippen molar-refractivity contribution in [3.05, 3.63) is 29.8 Å². The Labute approximate surface area is 108 Å². The molecule has 0 fully saturated rings. The zero-order valence-corrected chi connectivity index (χ0v) is 9.87. The number of amides is 2. The predicted molar refractivity (Wildman–Crippen MR) is 66.3 cm³/mol. The lowest BCUT2D eigenvalue weighted by atomic mass is 10.1. The van der Waals surface area contributed by atoms with Crippen LogP contribution in [0.15, 0.2) is 24.3 Å². The van der Waals surface area contributed by atoms with Gasteiger partial charge in [-0.2, -0.15) is 4.79 Å². The second-order valence-corrected chi connectivity index (χ2v) is 3.98. The van der Waals surface area contributed by atoms with Gasteiger partial charge in [0, 0.05) is 5.56 Å². The van der Waals surface area contributed by atoms with E-state index in [9.17, 15) is 14.4 Å². The van der Waals surface area contributed by atoms with Crippen LogP contribution in [-0.2, 0) is 4.79 Å². The van der Waals surface area contributed by atoms with Crippen molar-refractivity contribution < 1.29 is 24.1 Å². The van der Waals surface area contributed by atoms with Crippen molar-refractivity contribution in [1.29, 1.82) is 0 Å². The first kappa shape index (κ1) is 12.7. The van der Waals surface area contributed by atoms with Gasteiger partial charge in [-0.1, -0.05) is 0 Å². The molecule has 0 spiro atoms. The lowest BCUT2D eigenvalue weighted by molar-refractivity contribution is -0.492. The monoisotopic (exact) mass is 262 g/mol. The molecule has 0 saturated heterocycles. The van der Waals surface area contributed by atoms with E-state index in [0.29, 0.717) is 17.7 Å². The summed E-state index contributed by atoms with van der Waals surface area (Å²) in [5, 5.41) is 8.76. The van der Waals surface area contributed by atoms with Crippen LogP contribution in [0.3, 0.4) is 0 Å². The van der Waals surface area contributed by atoms with Gasteiger partial charge in [0.1, 0.15) is 6.29 Å². The molecule has 1 atom stereocenters. The quantitative estimate of drug-likeness (QED) is 0.416. The Hall–Kier alpha value is -2.70. The zero-order chi connectivity index (χ0) is 13.8. The summed E-state index contributed by atoms with van der Waals surface area (Å²) in [4.78, 5) is 32.8. The van der Waals surface area contributed by atoms with E-state index in [4.69, 9.17) is 5.11 Å². The summed E-state index contributed by atoms with van der Waals surface area (Å²) in [7, 11) is 0. The highest BCUT2D eigenvalue weighted by Gasteiger charge is 2.41. The van der Waals surface area contributed by atoms with Crippen molar-refractivity contribution in [3.63, 3.8) is 0 Å². The Morgan fingerprint density at radius 2 is 2.00 bits per heavy atom. The van der Waals surface area contributed by atoms with Crippen LogP contribution in [0.4, 0.5) is 10.5 Å². The van der Waals surface area contributed by atoms with Crippen molar-refractivity contribution in [3.8, 4) is 0 Å². The number of aldehydes is 1. The maximum atomic E-state index is 11.7. The lowest BCUT2D eigenvalue weighted by Gasteiger charge is -2.17. The smallest absolute Gasteiger partial charge is 0.427 e. The van der Waals surface area contributed by atoms with Gasteiger partial charge in [-0.25, -0.2) is 0 Å². The minimum Gasteiger partial charge on any atom is -0.427 e. The van der Waals surface area contributed by atoms with Crippen LogP contribution in [0, 0.1) is 0 Å². The SMILES string of the molecule is O=Cc1ccc(NNC(=O)C2CC=[N+]2C(=O)O)cc1. The summed E-state index contributed by atoms with van der Waals surface area (Å²) >= 11 is 0. The number of benzene rings is 1. The average molecular weight is 262 g/mol. The van der Waals surface area contributed by atoms with Gasteiger partial charge >= 0.3 is 12.0 Å². The van der Waals surface area contributed by atoms with Crippen molar-refractivity contribution >= 4 is 30.2 Å². The summed E-state index contributed by atoms with van der Waals surface area (Å²) in [6.45, 7) is 0. The van der Waals surface area contributed by atoms with Gasteiger partial charge in [-0.05, 0) is 24.3 Å². The molecule has 1 aliphatic rings. The molecular formula is C12H12N3O4+. The Kier molecular flexibility index (Phi) is 3.56. The van der Waals surface area contributed by atoms with Crippen LogP contribution < -0.4 is 10.9 Å². The molecule has 98 valence electrons. The van der Waals surface area contributed by atoms with Gasteiger partial charge < -0.3 is 5.11 Å². The molecule has 0 bridgehead atoms. The first-order valence-electron chi connectivity index (χ1n) is 5.57. The third-order valence-corrected chi connectivity index (χ3v) is 2.76. The van der Waals surface area contributed by atoms with Crippen LogP contribution in [0.5, 0.6) is 0 Å². The highest BCUT2D eigenvalue weighted by molar-refractivity contribution is 5.89. The van der Waals surface area contributed by atoms with Crippen LogP contribution in [0.25, 0.3) is 0 Å². The van der Waals surface area contributed by atoms with E-state index >= 15 is 0 Å². The molecule has 1 aliphatic heterocycles. The molecule has 0 aromatic heterocycles. The summed E-state index contributed by atoms with van der Waals surface area (Å²) in [5.74, 6) is -0.427. The van der Waals surface area contributed by atoms with Crippen LogP contribution in [0.1, 0.15) is 16.8 Å². The largest absolute Gasteiger partial charge is 0.594 e. The fraction of sp³-hybridized carbons (Fsp3) is 0.167. The third-order valence-electron chi connectivity index (χ3n) is 2.76. The molecule has 0 saturated carbocycles. The minimum absolute atomic E-state index is 0.393. The molecule has 1 unspecified atom stereocenters. The predicted octanol–water partition coefficient (Wildman–Crippen LogP) is 0.476.